The Labute approximate surface area is 123 Å². The van der Waals surface area contributed by atoms with E-state index in [0.29, 0.717) is 18.0 Å². The topological polar surface area (TPSA) is 74.7 Å². The third-order valence-corrected chi connectivity index (χ3v) is 5.48. The third kappa shape index (κ3) is 3.50. The van der Waals surface area contributed by atoms with Gasteiger partial charge in [0.25, 0.3) is 0 Å². The second-order valence-electron chi connectivity index (χ2n) is 4.93. The van der Waals surface area contributed by atoms with Crippen molar-refractivity contribution in [2.75, 3.05) is 13.1 Å². The maximum Gasteiger partial charge on any atom is 0.303 e. The highest BCUT2D eigenvalue weighted by molar-refractivity contribution is 7.89. The molecule has 1 fully saturated rings. The van der Waals surface area contributed by atoms with Crippen LogP contribution in [0, 0.1) is 5.92 Å². The zero-order chi connectivity index (χ0) is 14.8. The number of nitrogens with zero attached hydrogens (tertiary/aromatic N) is 1. The number of piperidine rings is 1. The van der Waals surface area contributed by atoms with E-state index in [4.69, 9.17) is 16.7 Å². The van der Waals surface area contributed by atoms with E-state index in [9.17, 15) is 13.2 Å². The van der Waals surface area contributed by atoms with Gasteiger partial charge in [-0.1, -0.05) is 17.7 Å². The fraction of sp³-hybridized carbons (Fsp3) is 0.462. The summed E-state index contributed by atoms with van der Waals surface area (Å²) < 4.78 is 26.3. The normalized spacial score (nSPS) is 20.8. The van der Waals surface area contributed by atoms with Crippen LogP contribution in [-0.4, -0.2) is 36.9 Å². The molecule has 1 aliphatic rings. The van der Waals surface area contributed by atoms with Crippen LogP contribution in [-0.2, 0) is 14.8 Å². The predicted octanol–water partition coefficient (Wildman–Crippen LogP) is 2.22. The first-order valence-electron chi connectivity index (χ1n) is 6.37. The maximum atomic E-state index is 12.5. The van der Waals surface area contributed by atoms with Crippen LogP contribution < -0.4 is 0 Å². The fourth-order valence-electron chi connectivity index (χ4n) is 2.44. The van der Waals surface area contributed by atoms with Crippen LogP contribution in [0.5, 0.6) is 0 Å². The van der Waals surface area contributed by atoms with Crippen molar-refractivity contribution >= 4 is 27.6 Å². The molecule has 0 aromatic heterocycles. The number of aliphatic carboxylic acids is 1. The van der Waals surface area contributed by atoms with E-state index in [0.717, 1.165) is 6.42 Å². The number of hydrogen-bond donors (Lipinski definition) is 1. The van der Waals surface area contributed by atoms with Gasteiger partial charge >= 0.3 is 5.97 Å². The molecular weight excluding hydrogens is 302 g/mol. The lowest BCUT2D eigenvalue weighted by atomic mass is 9.96. The van der Waals surface area contributed by atoms with Gasteiger partial charge in [0, 0.05) is 24.5 Å². The molecule has 20 heavy (non-hydrogen) atoms. The lowest BCUT2D eigenvalue weighted by Crippen LogP contribution is -2.40. The van der Waals surface area contributed by atoms with Crippen molar-refractivity contribution in [3.05, 3.63) is 29.3 Å². The Bertz CT molecular complexity index is 602. The first-order valence-corrected chi connectivity index (χ1v) is 8.19. The van der Waals surface area contributed by atoms with E-state index in [-0.39, 0.29) is 23.8 Å². The smallest absolute Gasteiger partial charge is 0.303 e. The molecular formula is C13H16ClNO4S. The van der Waals surface area contributed by atoms with Crippen LogP contribution in [0.1, 0.15) is 19.3 Å². The molecule has 0 bridgehead atoms. The van der Waals surface area contributed by atoms with Crippen LogP contribution in [0.3, 0.4) is 0 Å². The summed E-state index contributed by atoms with van der Waals surface area (Å²) in [5.74, 6) is -1.02. The molecule has 1 saturated heterocycles. The van der Waals surface area contributed by atoms with E-state index in [1.54, 1.807) is 12.1 Å². The van der Waals surface area contributed by atoms with Crippen molar-refractivity contribution in [1.29, 1.82) is 0 Å². The molecule has 0 radical (unpaired) electrons. The van der Waals surface area contributed by atoms with Crippen LogP contribution in [0.2, 0.25) is 5.02 Å². The molecule has 1 aliphatic heterocycles. The highest BCUT2D eigenvalue weighted by Gasteiger charge is 2.31. The third-order valence-electron chi connectivity index (χ3n) is 3.38. The molecule has 0 amide bonds. The first-order chi connectivity index (χ1) is 9.39. The fourth-order valence-corrected chi connectivity index (χ4v) is 4.29. The van der Waals surface area contributed by atoms with Crippen LogP contribution in [0.25, 0.3) is 0 Å². The molecule has 1 unspecified atom stereocenters. The van der Waals surface area contributed by atoms with Crippen LogP contribution >= 0.6 is 11.6 Å². The summed E-state index contributed by atoms with van der Waals surface area (Å²) in [5, 5.41) is 9.19. The molecule has 1 atom stereocenters. The molecule has 5 nitrogen and oxygen atoms in total. The zero-order valence-electron chi connectivity index (χ0n) is 10.8. The minimum Gasteiger partial charge on any atom is -0.481 e. The monoisotopic (exact) mass is 317 g/mol. The summed E-state index contributed by atoms with van der Waals surface area (Å²) >= 11 is 5.83. The first kappa shape index (κ1) is 15.3. The number of carboxylic acid groups (broad SMARTS) is 1. The summed E-state index contributed by atoms with van der Waals surface area (Å²) in [6, 6.07) is 6.12. The Morgan fingerprint density at radius 3 is 2.85 bits per heavy atom. The molecule has 7 heteroatoms. The van der Waals surface area contributed by atoms with Gasteiger partial charge in [0.2, 0.25) is 10.0 Å². The molecule has 0 spiro atoms. The Hall–Kier alpha value is -1.11. The average Bonchev–Trinajstić information content (AvgIpc) is 2.38. The van der Waals surface area contributed by atoms with Crippen molar-refractivity contribution in [1.82, 2.24) is 4.31 Å². The highest BCUT2D eigenvalue weighted by Crippen LogP contribution is 2.26. The van der Waals surface area contributed by atoms with Gasteiger partial charge in [-0.25, -0.2) is 8.42 Å². The lowest BCUT2D eigenvalue weighted by molar-refractivity contribution is -0.138. The van der Waals surface area contributed by atoms with Crippen molar-refractivity contribution < 1.29 is 18.3 Å². The quantitative estimate of drug-likeness (QED) is 0.924. The van der Waals surface area contributed by atoms with E-state index >= 15 is 0 Å². The maximum absolute atomic E-state index is 12.5. The molecule has 1 N–H and O–H groups in total. The highest BCUT2D eigenvalue weighted by atomic mass is 35.5. The number of benzene rings is 1. The summed E-state index contributed by atoms with van der Waals surface area (Å²) in [4.78, 5) is 10.9. The summed E-state index contributed by atoms with van der Waals surface area (Å²) in [5.41, 5.74) is 0. The van der Waals surface area contributed by atoms with Gasteiger partial charge in [0.15, 0.2) is 0 Å². The van der Waals surface area contributed by atoms with E-state index in [1.165, 1.54) is 16.4 Å². The minimum absolute atomic E-state index is 0.00155. The number of carboxylic acids is 1. The number of sulfonamides is 1. The molecule has 0 aliphatic carbocycles. The van der Waals surface area contributed by atoms with Gasteiger partial charge < -0.3 is 5.11 Å². The van der Waals surface area contributed by atoms with Gasteiger partial charge in [-0.15, -0.1) is 0 Å². The molecule has 1 aromatic rings. The molecule has 110 valence electrons. The lowest BCUT2D eigenvalue weighted by Gasteiger charge is -2.31. The van der Waals surface area contributed by atoms with Gasteiger partial charge in [0.05, 0.1) is 4.90 Å². The summed E-state index contributed by atoms with van der Waals surface area (Å²) in [6.45, 7) is 0.673. The molecule has 1 aromatic carbocycles. The van der Waals surface area contributed by atoms with Crippen LogP contribution in [0.15, 0.2) is 29.2 Å². The SMILES string of the molecule is O=C(O)CC1CCCN(S(=O)(=O)c2cccc(Cl)c2)C1. The van der Waals surface area contributed by atoms with Crippen molar-refractivity contribution in [2.24, 2.45) is 5.92 Å². The second-order valence-corrected chi connectivity index (χ2v) is 7.30. The van der Waals surface area contributed by atoms with E-state index in [2.05, 4.69) is 0 Å². The van der Waals surface area contributed by atoms with Crippen molar-refractivity contribution in [3.8, 4) is 0 Å². The number of rotatable bonds is 4. The second kappa shape index (κ2) is 6.11. The van der Waals surface area contributed by atoms with E-state index in [1.807, 2.05) is 0 Å². The number of hydrogen-bond acceptors (Lipinski definition) is 3. The average molecular weight is 318 g/mol. The number of carbonyl (C=O) groups is 1. The summed E-state index contributed by atoms with van der Waals surface area (Å²) in [6.07, 6.45) is 1.42. The van der Waals surface area contributed by atoms with Gasteiger partial charge in [0.1, 0.15) is 0 Å². The Morgan fingerprint density at radius 1 is 1.45 bits per heavy atom. The molecule has 2 rings (SSSR count). The van der Waals surface area contributed by atoms with Gasteiger partial charge in [-0.2, -0.15) is 4.31 Å². The minimum atomic E-state index is -3.60. The Balaban J connectivity index is 2.19. The van der Waals surface area contributed by atoms with Gasteiger partial charge in [-0.05, 0) is 37.0 Å². The Morgan fingerprint density at radius 2 is 2.20 bits per heavy atom. The Kier molecular flexibility index (Phi) is 4.67. The van der Waals surface area contributed by atoms with Crippen molar-refractivity contribution in [2.45, 2.75) is 24.2 Å². The number of halogens is 1. The standard InChI is InChI=1S/C13H16ClNO4S/c14-11-4-1-5-12(8-11)20(18,19)15-6-2-3-10(9-15)7-13(16)17/h1,4-5,8,10H,2-3,6-7,9H2,(H,16,17). The van der Waals surface area contributed by atoms with Gasteiger partial charge in [-0.3, -0.25) is 4.79 Å². The molecule has 1 heterocycles. The predicted molar refractivity (Wildman–Crippen MR) is 75.2 cm³/mol. The van der Waals surface area contributed by atoms with Crippen LogP contribution in [0.4, 0.5) is 0 Å². The zero-order valence-corrected chi connectivity index (χ0v) is 12.4. The largest absolute Gasteiger partial charge is 0.481 e. The molecule has 0 saturated carbocycles. The van der Waals surface area contributed by atoms with E-state index < -0.39 is 16.0 Å². The van der Waals surface area contributed by atoms with Crippen molar-refractivity contribution in [3.63, 3.8) is 0 Å². The summed E-state index contributed by atoms with van der Waals surface area (Å²) in [7, 11) is -3.60.